The summed E-state index contributed by atoms with van der Waals surface area (Å²) in [4.78, 5) is 0.229. The number of hydrogen-bond acceptors (Lipinski definition) is 4. The largest absolute Gasteiger partial charge is 0.472 e. The van der Waals surface area contributed by atoms with E-state index in [1.165, 1.54) is 0 Å². The van der Waals surface area contributed by atoms with Crippen LogP contribution in [0, 0.1) is 0 Å². The molecule has 1 aromatic heterocycles. The molecule has 86 valence electrons. The van der Waals surface area contributed by atoms with Crippen LogP contribution in [0.3, 0.4) is 0 Å². The van der Waals surface area contributed by atoms with E-state index in [0.29, 0.717) is 18.2 Å². The Balaban J connectivity index is 1.98. The summed E-state index contributed by atoms with van der Waals surface area (Å²) in [5.41, 5.74) is 6.99. The van der Waals surface area contributed by atoms with Gasteiger partial charge in [0.1, 0.15) is 17.3 Å². The first kappa shape index (κ1) is 11.5. The molecular weight excluding hydrogens is 234 g/mol. The summed E-state index contributed by atoms with van der Waals surface area (Å²) in [6, 6.07) is 13.2. The molecule has 4 nitrogen and oxygen atoms in total. The van der Waals surface area contributed by atoms with Gasteiger partial charge in [0.15, 0.2) is 0 Å². The van der Waals surface area contributed by atoms with E-state index >= 15 is 0 Å². The second kappa shape index (κ2) is 5.36. The van der Waals surface area contributed by atoms with Gasteiger partial charge in [0, 0.05) is 6.07 Å². The van der Waals surface area contributed by atoms with E-state index in [2.05, 4.69) is 10.2 Å². The molecule has 0 fully saturated rings. The molecule has 1 aromatic carbocycles. The Morgan fingerprint density at radius 3 is 2.47 bits per heavy atom. The van der Waals surface area contributed by atoms with E-state index in [4.69, 9.17) is 22.7 Å². The first-order valence-corrected chi connectivity index (χ1v) is 5.47. The number of rotatable bonds is 4. The molecule has 0 radical (unpaired) electrons. The quantitative estimate of drug-likeness (QED) is 0.831. The van der Waals surface area contributed by atoms with Crippen LogP contribution in [0.4, 0.5) is 0 Å². The lowest BCUT2D eigenvalue weighted by molar-refractivity contribution is 0.290. The van der Waals surface area contributed by atoms with Gasteiger partial charge in [-0.15, -0.1) is 10.2 Å². The van der Waals surface area contributed by atoms with E-state index in [-0.39, 0.29) is 4.99 Å². The minimum Gasteiger partial charge on any atom is -0.472 e. The van der Waals surface area contributed by atoms with Gasteiger partial charge in [0.2, 0.25) is 5.88 Å². The van der Waals surface area contributed by atoms with Crippen LogP contribution in [-0.2, 0) is 6.61 Å². The maximum absolute atomic E-state index is 5.47. The lowest BCUT2D eigenvalue weighted by Crippen LogP contribution is -2.12. The fraction of sp³-hybridized carbons (Fsp3) is 0.0833. The van der Waals surface area contributed by atoms with Crippen molar-refractivity contribution in [1.29, 1.82) is 0 Å². The van der Waals surface area contributed by atoms with Crippen LogP contribution in [0.1, 0.15) is 11.3 Å². The fourth-order valence-corrected chi connectivity index (χ4v) is 1.37. The molecule has 0 saturated carbocycles. The first-order valence-electron chi connectivity index (χ1n) is 5.06. The zero-order valence-electron chi connectivity index (χ0n) is 9.04. The average Bonchev–Trinajstić information content (AvgIpc) is 2.38. The van der Waals surface area contributed by atoms with Crippen molar-refractivity contribution in [1.82, 2.24) is 10.2 Å². The van der Waals surface area contributed by atoms with Gasteiger partial charge in [0.05, 0.1) is 0 Å². The number of ether oxygens (including phenoxy) is 1. The molecule has 0 saturated heterocycles. The second-order valence-corrected chi connectivity index (χ2v) is 3.84. The van der Waals surface area contributed by atoms with Crippen molar-refractivity contribution >= 4 is 17.2 Å². The molecule has 0 unspecified atom stereocenters. The van der Waals surface area contributed by atoms with Crippen molar-refractivity contribution < 1.29 is 4.74 Å². The van der Waals surface area contributed by atoms with Gasteiger partial charge in [-0.1, -0.05) is 42.5 Å². The monoisotopic (exact) mass is 245 g/mol. The normalized spacial score (nSPS) is 9.88. The van der Waals surface area contributed by atoms with E-state index in [1.54, 1.807) is 12.1 Å². The molecule has 0 bridgehead atoms. The van der Waals surface area contributed by atoms with Crippen LogP contribution in [-0.4, -0.2) is 15.2 Å². The zero-order chi connectivity index (χ0) is 12.1. The van der Waals surface area contributed by atoms with Gasteiger partial charge in [-0.25, -0.2) is 0 Å². The van der Waals surface area contributed by atoms with Crippen molar-refractivity contribution in [3.63, 3.8) is 0 Å². The van der Waals surface area contributed by atoms with Crippen molar-refractivity contribution in [2.45, 2.75) is 6.61 Å². The van der Waals surface area contributed by atoms with Crippen molar-refractivity contribution in [3.05, 3.63) is 53.7 Å². The van der Waals surface area contributed by atoms with Gasteiger partial charge < -0.3 is 10.5 Å². The Morgan fingerprint density at radius 2 is 1.88 bits per heavy atom. The number of hydrogen-bond donors (Lipinski definition) is 1. The topological polar surface area (TPSA) is 61.0 Å². The van der Waals surface area contributed by atoms with Crippen LogP contribution in [0.15, 0.2) is 42.5 Å². The third-order valence-corrected chi connectivity index (χ3v) is 2.33. The summed E-state index contributed by atoms with van der Waals surface area (Å²) in [5.74, 6) is 0.453. The molecule has 0 aliphatic heterocycles. The molecule has 1 heterocycles. The maximum atomic E-state index is 5.47. The van der Waals surface area contributed by atoms with Gasteiger partial charge in [-0.05, 0) is 11.6 Å². The third kappa shape index (κ3) is 3.22. The number of benzene rings is 1. The van der Waals surface area contributed by atoms with Gasteiger partial charge >= 0.3 is 0 Å². The number of nitrogens with zero attached hydrogens (tertiary/aromatic N) is 2. The van der Waals surface area contributed by atoms with Crippen LogP contribution in [0.25, 0.3) is 0 Å². The molecule has 0 spiro atoms. The summed E-state index contributed by atoms with van der Waals surface area (Å²) >= 11 is 4.78. The van der Waals surface area contributed by atoms with Gasteiger partial charge in [-0.2, -0.15) is 0 Å². The third-order valence-electron chi connectivity index (χ3n) is 2.12. The Morgan fingerprint density at radius 1 is 1.12 bits per heavy atom. The molecule has 2 rings (SSSR count). The summed E-state index contributed by atoms with van der Waals surface area (Å²) in [7, 11) is 0. The number of thiocarbonyl (C=S) groups is 1. The molecule has 0 aliphatic carbocycles. The smallest absolute Gasteiger partial charge is 0.233 e. The molecule has 0 amide bonds. The summed E-state index contributed by atoms with van der Waals surface area (Å²) in [6.07, 6.45) is 0. The van der Waals surface area contributed by atoms with Crippen LogP contribution in [0.5, 0.6) is 5.88 Å². The Hall–Kier alpha value is -2.01. The second-order valence-electron chi connectivity index (χ2n) is 3.40. The standard InChI is InChI=1S/C12H11N3OS/c13-12(17)10-6-7-11(15-14-10)16-8-9-4-2-1-3-5-9/h1-7H,8H2,(H2,13,17). The molecular formula is C12H11N3OS. The molecule has 0 aliphatic rings. The van der Waals surface area contributed by atoms with E-state index in [0.717, 1.165) is 5.56 Å². The van der Waals surface area contributed by atoms with Crippen molar-refractivity contribution in [2.75, 3.05) is 0 Å². The van der Waals surface area contributed by atoms with Crippen molar-refractivity contribution in [2.24, 2.45) is 5.73 Å². The predicted octanol–water partition coefficient (Wildman–Crippen LogP) is 1.69. The van der Waals surface area contributed by atoms with E-state index < -0.39 is 0 Å². The highest BCUT2D eigenvalue weighted by Gasteiger charge is 2.01. The van der Waals surface area contributed by atoms with Crippen LogP contribution >= 0.6 is 12.2 Å². The van der Waals surface area contributed by atoms with E-state index in [1.807, 2.05) is 30.3 Å². The summed E-state index contributed by atoms with van der Waals surface area (Å²) in [5, 5.41) is 7.72. The Kier molecular flexibility index (Phi) is 3.62. The highest BCUT2D eigenvalue weighted by Crippen LogP contribution is 2.08. The van der Waals surface area contributed by atoms with E-state index in [9.17, 15) is 0 Å². The van der Waals surface area contributed by atoms with Crippen LogP contribution < -0.4 is 10.5 Å². The maximum Gasteiger partial charge on any atom is 0.233 e. The summed E-state index contributed by atoms with van der Waals surface area (Å²) < 4.78 is 5.47. The highest BCUT2D eigenvalue weighted by atomic mass is 32.1. The van der Waals surface area contributed by atoms with Gasteiger partial charge in [-0.3, -0.25) is 0 Å². The molecule has 5 heteroatoms. The SMILES string of the molecule is NC(=S)c1ccc(OCc2ccccc2)nn1. The van der Waals surface area contributed by atoms with Gasteiger partial charge in [0.25, 0.3) is 0 Å². The summed E-state index contributed by atoms with van der Waals surface area (Å²) in [6.45, 7) is 0.460. The zero-order valence-corrected chi connectivity index (χ0v) is 9.85. The lowest BCUT2D eigenvalue weighted by atomic mass is 10.2. The fourth-order valence-electron chi connectivity index (χ4n) is 1.26. The van der Waals surface area contributed by atoms with Crippen LogP contribution in [0.2, 0.25) is 0 Å². The highest BCUT2D eigenvalue weighted by molar-refractivity contribution is 7.80. The minimum atomic E-state index is 0.229. The number of aromatic nitrogens is 2. The lowest BCUT2D eigenvalue weighted by Gasteiger charge is -2.04. The molecule has 2 N–H and O–H groups in total. The average molecular weight is 245 g/mol. The first-order chi connectivity index (χ1) is 8.25. The molecule has 17 heavy (non-hydrogen) atoms. The molecule has 0 atom stereocenters. The Bertz CT molecular complexity index is 499. The predicted molar refractivity (Wildman–Crippen MR) is 68.7 cm³/mol. The number of nitrogens with two attached hydrogens (primary N) is 1. The molecule has 2 aromatic rings. The van der Waals surface area contributed by atoms with Crippen molar-refractivity contribution in [3.8, 4) is 5.88 Å². The minimum absolute atomic E-state index is 0.229. The Labute approximate surface area is 104 Å².